The van der Waals surface area contributed by atoms with Crippen molar-refractivity contribution in [3.05, 3.63) is 56.7 Å². The molecule has 3 N–H and O–H groups in total. The summed E-state index contributed by atoms with van der Waals surface area (Å²) >= 11 is 0. The zero-order chi connectivity index (χ0) is 24.4. The van der Waals surface area contributed by atoms with Crippen LogP contribution in [-0.4, -0.2) is 48.3 Å². The van der Waals surface area contributed by atoms with Crippen molar-refractivity contribution in [2.45, 2.75) is 45.6 Å². The van der Waals surface area contributed by atoms with E-state index < -0.39 is 29.7 Å². The molecule has 0 radical (unpaired) electrons. The molecule has 10 nitrogen and oxygen atoms in total. The Morgan fingerprint density at radius 2 is 1.91 bits per heavy atom. The Morgan fingerprint density at radius 3 is 2.55 bits per heavy atom. The van der Waals surface area contributed by atoms with Crippen LogP contribution < -0.4 is 21.9 Å². The number of esters is 1. The third-order valence-corrected chi connectivity index (χ3v) is 5.24. The molecule has 10 heteroatoms. The van der Waals surface area contributed by atoms with Crippen LogP contribution in [0.2, 0.25) is 0 Å². The Hall–Kier alpha value is -3.40. The lowest BCUT2D eigenvalue weighted by molar-refractivity contribution is -0.148. The lowest BCUT2D eigenvalue weighted by Crippen LogP contribution is -2.44. The molecule has 0 aliphatic rings. The molecule has 0 fully saturated rings. The fraction of sp³-hybridized carbons (Fsp3) is 0.478. The van der Waals surface area contributed by atoms with Crippen molar-refractivity contribution in [3.8, 4) is 0 Å². The SMILES string of the molecule is CCCCn1c(N)c(N(CCOC)C(=O)COC(=O)CC(C)c2ccccc2)c(=O)[nH]c1=O. The highest BCUT2D eigenvalue weighted by atomic mass is 16.5. The Morgan fingerprint density at radius 1 is 1.21 bits per heavy atom. The number of hydrogen-bond donors (Lipinski definition) is 2. The van der Waals surface area contributed by atoms with Gasteiger partial charge in [0.05, 0.1) is 13.0 Å². The van der Waals surface area contributed by atoms with Crippen molar-refractivity contribution < 1.29 is 19.1 Å². The highest BCUT2D eigenvalue weighted by Gasteiger charge is 2.25. The maximum atomic E-state index is 12.9. The van der Waals surface area contributed by atoms with Gasteiger partial charge in [0.2, 0.25) is 0 Å². The normalized spacial score (nSPS) is 11.7. The number of hydrogen-bond acceptors (Lipinski definition) is 7. The first-order chi connectivity index (χ1) is 15.8. The zero-order valence-electron chi connectivity index (χ0n) is 19.3. The van der Waals surface area contributed by atoms with Crippen LogP contribution >= 0.6 is 0 Å². The van der Waals surface area contributed by atoms with Gasteiger partial charge in [-0.25, -0.2) is 4.79 Å². The number of nitrogen functional groups attached to an aromatic ring is 1. The predicted molar refractivity (Wildman–Crippen MR) is 125 cm³/mol. The summed E-state index contributed by atoms with van der Waals surface area (Å²) < 4.78 is 11.5. The molecule has 0 saturated heterocycles. The summed E-state index contributed by atoms with van der Waals surface area (Å²) in [5.74, 6) is -1.39. The van der Waals surface area contributed by atoms with E-state index in [1.54, 1.807) is 0 Å². The molecular weight excluding hydrogens is 428 g/mol. The molecular formula is C23H32N4O6. The number of anilines is 2. The van der Waals surface area contributed by atoms with Crippen LogP contribution in [0.3, 0.4) is 0 Å². The number of ether oxygens (including phenoxy) is 2. The van der Waals surface area contributed by atoms with E-state index in [4.69, 9.17) is 15.2 Å². The molecule has 1 heterocycles. The van der Waals surface area contributed by atoms with Crippen LogP contribution in [0.15, 0.2) is 39.9 Å². The summed E-state index contributed by atoms with van der Waals surface area (Å²) in [5, 5.41) is 0. The zero-order valence-corrected chi connectivity index (χ0v) is 19.3. The molecule has 180 valence electrons. The van der Waals surface area contributed by atoms with Gasteiger partial charge in [-0.3, -0.25) is 28.8 Å². The van der Waals surface area contributed by atoms with Crippen LogP contribution in [0.1, 0.15) is 44.6 Å². The number of rotatable bonds is 12. The van der Waals surface area contributed by atoms with E-state index in [0.29, 0.717) is 13.0 Å². The molecule has 2 aromatic rings. The first-order valence-electron chi connectivity index (χ1n) is 10.9. The number of carbonyl (C=O) groups excluding carboxylic acids is 2. The Kier molecular flexibility index (Phi) is 9.86. The lowest BCUT2D eigenvalue weighted by Gasteiger charge is -2.24. The molecule has 0 saturated carbocycles. The molecule has 0 aliphatic heterocycles. The van der Waals surface area contributed by atoms with Gasteiger partial charge in [-0.1, -0.05) is 50.6 Å². The number of unbranched alkanes of at least 4 members (excludes halogenated alkanes) is 1. The van der Waals surface area contributed by atoms with Gasteiger partial charge in [-0.2, -0.15) is 0 Å². The van der Waals surface area contributed by atoms with Crippen molar-refractivity contribution in [2.75, 3.05) is 37.5 Å². The predicted octanol–water partition coefficient (Wildman–Crippen LogP) is 1.64. The van der Waals surface area contributed by atoms with Gasteiger partial charge in [0, 0.05) is 20.2 Å². The van der Waals surface area contributed by atoms with E-state index in [-0.39, 0.29) is 37.0 Å². The minimum atomic E-state index is -0.793. The Labute approximate surface area is 192 Å². The average molecular weight is 461 g/mol. The van der Waals surface area contributed by atoms with Gasteiger partial charge in [0.25, 0.3) is 11.5 Å². The van der Waals surface area contributed by atoms with Gasteiger partial charge >= 0.3 is 11.7 Å². The summed E-state index contributed by atoms with van der Waals surface area (Å²) in [7, 11) is 1.45. The number of aromatic nitrogens is 2. The van der Waals surface area contributed by atoms with E-state index in [1.807, 2.05) is 44.2 Å². The molecule has 33 heavy (non-hydrogen) atoms. The monoisotopic (exact) mass is 460 g/mol. The molecule has 1 aromatic heterocycles. The third-order valence-electron chi connectivity index (χ3n) is 5.24. The number of nitrogens with zero attached hydrogens (tertiary/aromatic N) is 2. The molecule has 0 bridgehead atoms. The van der Waals surface area contributed by atoms with E-state index in [2.05, 4.69) is 4.98 Å². The van der Waals surface area contributed by atoms with Crippen molar-refractivity contribution in [3.63, 3.8) is 0 Å². The summed E-state index contributed by atoms with van der Waals surface area (Å²) in [6, 6.07) is 9.49. The highest BCUT2D eigenvalue weighted by molar-refractivity contribution is 5.97. The highest BCUT2D eigenvalue weighted by Crippen LogP contribution is 2.20. The van der Waals surface area contributed by atoms with Gasteiger partial charge in [-0.05, 0) is 17.9 Å². The van der Waals surface area contributed by atoms with E-state index >= 15 is 0 Å². The molecule has 0 aliphatic carbocycles. The fourth-order valence-electron chi connectivity index (χ4n) is 3.35. The summed E-state index contributed by atoms with van der Waals surface area (Å²) in [6.45, 7) is 3.67. The average Bonchev–Trinajstić information content (AvgIpc) is 2.79. The number of carbonyl (C=O) groups is 2. The van der Waals surface area contributed by atoms with Crippen LogP contribution in [-0.2, 0) is 25.6 Å². The van der Waals surface area contributed by atoms with Gasteiger partial charge in [0.15, 0.2) is 12.3 Å². The van der Waals surface area contributed by atoms with Crippen molar-refractivity contribution >= 4 is 23.4 Å². The summed E-state index contributed by atoms with van der Waals surface area (Å²) in [5.41, 5.74) is 5.50. The van der Waals surface area contributed by atoms with Gasteiger partial charge in [-0.15, -0.1) is 0 Å². The second-order valence-corrected chi connectivity index (χ2v) is 7.71. The van der Waals surface area contributed by atoms with Crippen LogP contribution in [0, 0.1) is 0 Å². The minimum absolute atomic E-state index is 0.00738. The molecule has 1 amide bonds. The molecule has 1 unspecified atom stereocenters. The van der Waals surface area contributed by atoms with Crippen molar-refractivity contribution in [2.24, 2.45) is 0 Å². The minimum Gasteiger partial charge on any atom is -0.456 e. The van der Waals surface area contributed by atoms with Crippen molar-refractivity contribution in [1.82, 2.24) is 9.55 Å². The van der Waals surface area contributed by atoms with Gasteiger partial charge in [0.1, 0.15) is 5.82 Å². The molecule has 1 aromatic carbocycles. The number of nitrogens with one attached hydrogen (secondary N) is 1. The number of benzene rings is 1. The number of H-pyrrole nitrogens is 1. The largest absolute Gasteiger partial charge is 0.456 e. The molecule has 2 rings (SSSR count). The van der Waals surface area contributed by atoms with Crippen LogP contribution in [0.5, 0.6) is 0 Å². The first kappa shape index (κ1) is 25.9. The van der Waals surface area contributed by atoms with Crippen LogP contribution in [0.4, 0.5) is 11.5 Å². The second kappa shape index (κ2) is 12.6. The van der Waals surface area contributed by atoms with Crippen molar-refractivity contribution in [1.29, 1.82) is 0 Å². The number of methoxy groups -OCH3 is 1. The maximum absolute atomic E-state index is 12.9. The smallest absolute Gasteiger partial charge is 0.330 e. The lowest BCUT2D eigenvalue weighted by atomic mass is 9.98. The van der Waals surface area contributed by atoms with E-state index in [0.717, 1.165) is 16.9 Å². The quantitative estimate of drug-likeness (QED) is 0.459. The Bertz CT molecular complexity index is 1050. The standard InChI is InChI=1S/C23H32N4O6/c1-4-5-11-27-21(24)20(22(30)25-23(27)31)26(12-13-32-3)18(28)15-33-19(29)14-16(2)17-9-7-6-8-10-17/h6-10,16H,4-5,11-15,24H2,1-3H3,(H,25,30,31). The number of aromatic amines is 1. The fourth-order valence-corrected chi connectivity index (χ4v) is 3.35. The maximum Gasteiger partial charge on any atom is 0.330 e. The van der Waals surface area contributed by atoms with E-state index in [1.165, 1.54) is 11.7 Å². The van der Waals surface area contributed by atoms with E-state index in [9.17, 15) is 19.2 Å². The van der Waals surface area contributed by atoms with Gasteiger partial charge < -0.3 is 15.2 Å². The number of nitrogens with two attached hydrogens (primary N) is 1. The van der Waals surface area contributed by atoms with Crippen LogP contribution in [0.25, 0.3) is 0 Å². The number of amides is 1. The molecule has 1 atom stereocenters. The first-order valence-corrected chi connectivity index (χ1v) is 10.9. The Balaban J connectivity index is 2.18. The third kappa shape index (κ3) is 7.04. The summed E-state index contributed by atoms with van der Waals surface area (Å²) in [4.78, 5) is 53.3. The topological polar surface area (TPSA) is 137 Å². The second-order valence-electron chi connectivity index (χ2n) is 7.71. The summed E-state index contributed by atoms with van der Waals surface area (Å²) in [6.07, 6.45) is 1.57. The molecule has 0 spiro atoms.